The molecule has 11 heavy (non-hydrogen) atoms. The fourth-order valence-corrected chi connectivity index (χ4v) is 0.532. The zero-order chi connectivity index (χ0) is 7.82. The number of hydrogen-bond donors (Lipinski definition) is 0. The predicted octanol–water partition coefficient (Wildman–Crippen LogP) is 3.16. The zero-order valence-electron chi connectivity index (χ0n) is 6.37. The maximum atomic E-state index is 10.0. The third-order valence-corrected chi connectivity index (χ3v) is 0.936. The maximum Gasteiger partial charge on any atom is 0.150 e. The van der Waals surface area contributed by atoms with Crippen LogP contribution >= 0.6 is 0 Å². The first-order valence-corrected chi connectivity index (χ1v) is 3.44. The SMILES string of the molecule is C.CC.O=Cc1ccccc1. The molecule has 0 bridgehead atoms. The average molecular weight is 152 g/mol. The normalized spacial score (nSPS) is 6.73. The van der Waals surface area contributed by atoms with E-state index in [0.717, 1.165) is 11.8 Å². The predicted molar refractivity (Wildman–Crippen MR) is 49.9 cm³/mol. The van der Waals surface area contributed by atoms with Crippen molar-refractivity contribution in [2.75, 3.05) is 0 Å². The number of benzene rings is 1. The van der Waals surface area contributed by atoms with Gasteiger partial charge in [0.25, 0.3) is 0 Å². The first-order valence-electron chi connectivity index (χ1n) is 3.44. The molecular weight excluding hydrogens is 136 g/mol. The number of hydrogen-bond acceptors (Lipinski definition) is 1. The lowest BCUT2D eigenvalue weighted by molar-refractivity contribution is 0.112. The molecule has 0 fully saturated rings. The van der Waals surface area contributed by atoms with Gasteiger partial charge in [-0.3, -0.25) is 4.79 Å². The Kier molecular flexibility index (Phi) is 10.1. The molecular formula is C10H16O. The summed E-state index contributed by atoms with van der Waals surface area (Å²) in [6.07, 6.45) is 0.833. The molecule has 1 aromatic carbocycles. The average Bonchev–Trinajstić information content (AvgIpc) is 2.10. The van der Waals surface area contributed by atoms with Crippen LogP contribution in [-0.2, 0) is 0 Å². The Labute approximate surface area is 69.1 Å². The van der Waals surface area contributed by atoms with Gasteiger partial charge < -0.3 is 0 Å². The lowest BCUT2D eigenvalue weighted by atomic mass is 10.2. The molecule has 0 aliphatic rings. The lowest BCUT2D eigenvalue weighted by Gasteiger charge is -1.81. The van der Waals surface area contributed by atoms with Gasteiger partial charge >= 0.3 is 0 Å². The van der Waals surface area contributed by atoms with Gasteiger partial charge in [-0.1, -0.05) is 51.6 Å². The van der Waals surface area contributed by atoms with Crippen LogP contribution in [-0.4, -0.2) is 6.29 Å². The summed E-state index contributed by atoms with van der Waals surface area (Å²) in [7, 11) is 0. The highest BCUT2D eigenvalue weighted by Crippen LogP contribution is 1.91. The van der Waals surface area contributed by atoms with Crippen molar-refractivity contribution < 1.29 is 4.79 Å². The van der Waals surface area contributed by atoms with Crippen LogP contribution in [0.4, 0.5) is 0 Å². The van der Waals surface area contributed by atoms with Crippen molar-refractivity contribution >= 4 is 6.29 Å². The molecule has 0 saturated heterocycles. The molecule has 1 heteroatoms. The van der Waals surface area contributed by atoms with Crippen molar-refractivity contribution in [2.45, 2.75) is 21.3 Å². The quantitative estimate of drug-likeness (QED) is 0.565. The van der Waals surface area contributed by atoms with Crippen LogP contribution < -0.4 is 0 Å². The second-order valence-electron chi connectivity index (χ2n) is 1.53. The highest BCUT2D eigenvalue weighted by Gasteiger charge is 1.79. The molecule has 0 unspecified atom stereocenters. The number of carbonyl (C=O) groups is 1. The summed E-state index contributed by atoms with van der Waals surface area (Å²) in [6, 6.07) is 9.10. The minimum Gasteiger partial charge on any atom is -0.298 e. The van der Waals surface area contributed by atoms with Crippen molar-refractivity contribution in [2.24, 2.45) is 0 Å². The molecule has 0 spiro atoms. The molecule has 0 aliphatic carbocycles. The van der Waals surface area contributed by atoms with Gasteiger partial charge in [0, 0.05) is 5.56 Å². The van der Waals surface area contributed by atoms with Gasteiger partial charge in [0.05, 0.1) is 0 Å². The van der Waals surface area contributed by atoms with Gasteiger partial charge in [0.1, 0.15) is 6.29 Å². The van der Waals surface area contributed by atoms with E-state index in [1.807, 2.05) is 32.0 Å². The van der Waals surface area contributed by atoms with Gasteiger partial charge in [-0.05, 0) is 0 Å². The monoisotopic (exact) mass is 152 g/mol. The molecule has 0 aliphatic heterocycles. The fourth-order valence-electron chi connectivity index (χ4n) is 0.532. The number of rotatable bonds is 1. The molecule has 1 aromatic rings. The van der Waals surface area contributed by atoms with E-state index in [9.17, 15) is 4.79 Å². The summed E-state index contributed by atoms with van der Waals surface area (Å²) in [4.78, 5) is 10.0. The van der Waals surface area contributed by atoms with Gasteiger partial charge in [-0.25, -0.2) is 0 Å². The minimum atomic E-state index is 0. The van der Waals surface area contributed by atoms with E-state index in [1.54, 1.807) is 12.1 Å². The summed E-state index contributed by atoms with van der Waals surface area (Å²) >= 11 is 0. The molecule has 0 atom stereocenters. The van der Waals surface area contributed by atoms with Gasteiger partial charge in [-0.15, -0.1) is 0 Å². The van der Waals surface area contributed by atoms with Crippen molar-refractivity contribution in [3.8, 4) is 0 Å². The Hall–Kier alpha value is -1.11. The van der Waals surface area contributed by atoms with E-state index in [1.165, 1.54) is 0 Å². The Balaban J connectivity index is 0. The van der Waals surface area contributed by atoms with Crippen molar-refractivity contribution in [1.29, 1.82) is 0 Å². The van der Waals surface area contributed by atoms with Crippen LogP contribution in [0.1, 0.15) is 31.6 Å². The van der Waals surface area contributed by atoms with Crippen LogP contribution in [0, 0.1) is 0 Å². The second kappa shape index (κ2) is 8.89. The van der Waals surface area contributed by atoms with Crippen molar-refractivity contribution in [3.05, 3.63) is 35.9 Å². The first kappa shape index (κ1) is 12.6. The third kappa shape index (κ3) is 5.34. The van der Waals surface area contributed by atoms with Crippen LogP contribution in [0.2, 0.25) is 0 Å². The molecule has 1 rings (SSSR count). The molecule has 0 saturated carbocycles. The molecule has 62 valence electrons. The van der Waals surface area contributed by atoms with Crippen LogP contribution in [0.5, 0.6) is 0 Å². The Morgan fingerprint density at radius 3 is 1.82 bits per heavy atom. The highest BCUT2D eigenvalue weighted by molar-refractivity contribution is 5.74. The van der Waals surface area contributed by atoms with Gasteiger partial charge in [0.2, 0.25) is 0 Å². The summed E-state index contributed by atoms with van der Waals surface area (Å²) in [6.45, 7) is 4.00. The molecule has 1 nitrogen and oxygen atoms in total. The van der Waals surface area contributed by atoms with E-state index in [-0.39, 0.29) is 7.43 Å². The topological polar surface area (TPSA) is 17.1 Å². The van der Waals surface area contributed by atoms with E-state index in [0.29, 0.717) is 0 Å². The van der Waals surface area contributed by atoms with Crippen molar-refractivity contribution in [3.63, 3.8) is 0 Å². The van der Waals surface area contributed by atoms with Crippen LogP contribution in [0.25, 0.3) is 0 Å². The summed E-state index contributed by atoms with van der Waals surface area (Å²) < 4.78 is 0. The van der Waals surface area contributed by atoms with Crippen LogP contribution in [0.15, 0.2) is 30.3 Å². The Morgan fingerprint density at radius 1 is 1.09 bits per heavy atom. The highest BCUT2D eigenvalue weighted by atomic mass is 16.1. The van der Waals surface area contributed by atoms with E-state index in [4.69, 9.17) is 0 Å². The molecule has 0 N–H and O–H groups in total. The summed E-state index contributed by atoms with van der Waals surface area (Å²) in [5, 5.41) is 0. The first-order chi connectivity index (χ1) is 4.93. The second-order valence-corrected chi connectivity index (χ2v) is 1.53. The van der Waals surface area contributed by atoms with Gasteiger partial charge in [-0.2, -0.15) is 0 Å². The molecule has 0 radical (unpaired) electrons. The summed E-state index contributed by atoms with van der Waals surface area (Å²) in [5.41, 5.74) is 0.729. The number of aldehydes is 1. The molecule has 0 aromatic heterocycles. The van der Waals surface area contributed by atoms with E-state index < -0.39 is 0 Å². The summed E-state index contributed by atoms with van der Waals surface area (Å²) in [5.74, 6) is 0. The standard InChI is InChI=1S/C7H6O.C2H6.CH4/c8-6-7-4-2-1-3-5-7;1-2;/h1-6H;1-2H3;1H4. The fraction of sp³-hybridized carbons (Fsp3) is 0.300. The zero-order valence-corrected chi connectivity index (χ0v) is 6.37. The maximum absolute atomic E-state index is 10.0. The van der Waals surface area contributed by atoms with E-state index in [2.05, 4.69) is 0 Å². The third-order valence-electron chi connectivity index (χ3n) is 0.936. The largest absolute Gasteiger partial charge is 0.298 e. The lowest BCUT2D eigenvalue weighted by Crippen LogP contribution is -1.73. The van der Waals surface area contributed by atoms with Gasteiger partial charge in [0.15, 0.2) is 0 Å². The smallest absolute Gasteiger partial charge is 0.150 e. The van der Waals surface area contributed by atoms with Crippen LogP contribution in [0.3, 0.4) is 0 Å². The van der Waals surface area contributed by atoms with Crippen molar-refractivity contribution in [1.82, 2.24) is 0 Å². The Bertz CT molecular complexity index is 167. The minimum absolute atomic E-state index is 0. The Morgan fingerprint density at radius 2 is 1.55 bits per heavy atom. The molecule has 0 heterocycles. The molecule has 0 amide bonds. The van der Waals surface area contributed by atoms with E-state index >= 15 is 0 Å². The number of carbonyl (C=O) groups excluding carboxylic acids is 1.